The van der Waals surface area contributed by atoms with Gasteiger partial charge in [0.15, 0.2) is 0 Å². The molecule has 2 fully saturated rings. The van der Waals surface area contributed by atoms with Gasteiger partial charge in [-0.15, -0.1) is 0 Å². The molecule has 3 aliphatic heterocycles. The molecule has 0 spiro atoms. The molecule has 0 aromatic heterocycles. The van der Waals surface area contributed by atoms with Gasteiger partial charge in [0.05, 0.1) is 0 Å². The molecule has 3 aromatic rings. The lowest BCUT2D eigenvalue weighted by molar-refractivity contribution is -0.137. The third kappa shape index (κ3) is 7.06. The van der Waals surface area contributed by atoms with Crippen molar-refractivity contribution in [1.82, 2.24) is 20.0 Å². The Morgan fingerprint density at radius 3 is 2.35 bits per heavy atom. The lowest BCUT2D eigenvalue weighted by Gasteiger charge is -2.38. The number of hydrogen-bond acceptors (Lipinski definition) is 5. The molecular formula is C35H42ClN5O2. The van der Waals surface area contributed by atoms with E-state index in [1.54, 1.807) is 0 Å². The van der Waals surface area contributed by atoms with Gasteiger partial charge in [-0.2, -0.15) is 0 Å². The number of para-hydroxylation sites is 1. The minimum Gasteiger partial charge on any atom is -0.368 e. The van der Waals surface area contributed by atoms with Crippen LogP contribution in [0.25, 0.3) is 0 Å². The highest BCUT2D eigenvalue weighted by Crippen LogP contribution is 2.34. The molecule has 226 valence electrons. The van der Waals surface area contributed by atoms with E-state index in [1.807, 2.05) is 41.3 Å². The van der Waals surface area contributed by atoms with Crippen molar-refractivity contribution >= 4 is 29.1 Å². The summed E-state index contributed by atoms with van der Waals surface area (Å²) in [7, 11) is 2.05. The minimum atomic E-state index is -0.635. The minimum absolute atomic E-state index is 0.00616. The third-order valence-electron chi connectivity index (χ3n) is 9.25. The Hall–Kier alpha value is -3.39. The van der Waals surface area contributed by atoms with Gasteiger partial charge >= 0.3 is 0 Å². The van der Waals surface area contributed by atoms with Crippen LogP contribution in [0.2, 0.25) is 5.02 Å². The van der Waals surface area contributed by atoms with Gasteiger partial charge in [0.1, 0.15) is 6.04 Å². The number of piperazine rings is 1. The molecule has 0 radical (unpaired) electrons. The summed E-state index contributed by atoms with van der Waals surface area (Å²) in [5, 5.41) is 3.79. The molecule has 6 rings (SSSR count). The standard InChI is InChI=1S/C35H42ClN5O2/c1-38-24-27-8-2-4-10-30(27)33(38)23-34(42)37-31(22-26-12-14-29(36)15-13-26)35(43)41-20-18-40(19-21-41)32-11-5-3-9-28(32)25-39-16-6-7-17-39/h2-5,8-15,31,33H,6-7,16-25H2,1H3,(H,37,42)/t31-,33?/m1/s1. The van der Waals surface area contributed by atoms with Gasteiger partial charge in [-0.3, -0.25) is 19.4 Å². The Labute approximate surface area is 260 Å². The first-order valence-electron chi connectivity index (χ1n) is 15.6. The molecule has 2 saturated heterocycles. The number of likely N-dealkylation sites (tertiary alicyclic amines) is 1. The molecule has 1 N–H and O–H groups in total. The average Bonchev–Trinajstić information content (AvgIpc) is 3.65. The van der Waals surface area contributed by atoms with Crippen LogP contribution < -0.4 is 10.2 Å². The zero-order valence-electron chi connectivity index (χ0n) is 25.1. The van der Waals surface area contributed by atoms with Crippen LogP contribution in [0.1, 0.15) is 47.6 Å². The van der Waals surface area contributed by atoms with E-state index in [2.05, 4.69) is 63.5 Å². The maximum Gasteiger partial charge on any atom is 0.245 e. The lowest BCUT2D eigenvalue weighted by atomic mass is 10.0. The van der Waals surface area contributed by atoms with Gasteiger partial charge in [-0.25, -0.2) is 0 Å². The van der Waals surface area contributed by atoms with Crippen molar-refractivity contribution in [2.75, 3.05) is 51.2 Å². The number of anilines is 1. The van der Waals surface area contributed by atoms with Crippen LogP contribution in [0, 0.1) is 0 Å². The van der Waals surface area contributed by atoms with Crippen molar-refractivity contribution in [2.45, 2.75) is 50.9 Å². The number of hydrogen-bond donors (Lipinski definition) is 1. The summed E-state index contributed by atoms with van der Waals surface area (Å²) in [5.74, 6) is -0.121. The fraction of sp³-hybridized carbons (Fsp3) is 0.429. The zero-order valence-corrected chi connectivity index (χ0v) is 25.8. The summed E-state index contributed by atoms with van der Waals surface area (Å²) in [4.78, 5) is 36.5. The van der Waals surface area contributed by atoms with Gasteiger partial charge < -0.3 is 15.1 Å². The predicted octanol–water partition coefficient (Wildman–Crippen LogP) is 4.89. The Morgan fingerprint density at radius 2 is 1.58 bits per heavy atom. The van der Waals surface area contributed by atoms with E-state index >= 15 is 0 Å². The molecule has 0 aliphatic carbocycles. The van der Waals surface area contributed by atoms with Crippen LogP contribution in [0.3, 0.4) is 0 Å². The SMILES string of the molecule is CN1Cc2ccccc2C1CC(=O)N[C@H](Cc1ccc(Cl)cc1)C(=O)N1CCN(c2ccccc2CN2CCCC2)CC1. The van der Waals surface area contributed by atoms with Crippen LogP contribution in [0.5, 0.6) is 0 Å². The number of carbonyl (C=O) groups excluding carboxylic acids is 2. The molecule has 0 bridgehead atoms. The molecule has 0 saturated carbocycles. The molecule has 2 amide bonds. The molecule has 7 nitrogen and oxygen atoms in total. The van der Waals surface area contributed by atoms with E-state index in [-0.39, 0.29) is 17.9 Å². The number of fused-ring (bicyclic) bond motifs is 1. The summed E-state index contributed by atoms with van der Waals surface area (Å²) >= 11 is 6.13. The van der Waals surface area contributed by atoms with Crippen molar-refractivity contribution in [3.63, 3.8) is 0 Å². The lowest BCUT2D eigenvalue weighted by Crippen LogP contribution is -2.56. The van der Waals surface area contributed by atoms with Gasteiger partial charge in [0.2, 0.25) is 11.8 Å². The van der Waals surface area contributed by atoms with Gasteiger partial charge in [0.25, 0.3) is 0 Å². The third-order valence-corrected chi connectivity index (χ3v) is 9.50. The summed E-state index contributed by atoms with van der Waals surface area (Å²) in [6.45, 7) is 6.94. The average molecular weight is 600 g/mol. The van der Waals surface area contributed by atoms with Crippen LogP contribution >= 0.6 is 11.6 Å². The molecule has 1 unspecified atom stereocenters. The van der Waals surface area contributed by atoms with E-state index < -0.39 is 6.04 Å². The van der Waals surface area contributed by atoms with E-state index in [0.717, 1.165) is 31.7 Å². The quantitative estimate of drug-likeness (QED) is 0.380. The molecule has 3 heterocycles. The van der Waals surface area contributed by atoms with Crippen molar-refractivity contribution in [1.29, 1.82) is 0 Å². The summed E-state index contributed by atoms with van der Waals surface area (Å²) in [6, 6.07) is 23.9. The Kier molecular flexibility index (Phi) is 9.31. The fourth-order valence-electron chi connectivity index (χ4n) is 6.89. The summed E-state index contributed by atoms with van der Waals surface area (Å²) in [5.41, 5.74) is 6.06. The van der Waals surface area contributed by atoms with Crippen LogP contribution in [-0.2, 0) is 29.1 Å². The molecular weight excluding hydrogens is 558 g/mol. The number of halogens is 1. The molecule has 3 aromatic carbocycles. The highest BCUT2D eigenvalue weighted by molar-refractivity contribution is 6.30. The smallest absolute Gasteiger partial charge is 0.245 e. The molecule has 3 aliphatic rings. The molecule has 43 heavy (non-hydrogen) atoms. The van der Waals surface area contributed by atoms with Crippen LogP contribution in [0.4, 0.5) is 5.69 Å². The summed E-state index contributed by atoms with van der Waals surface area (Å²) in [6.07, 6.45) is 3.31. The van der Waals surface area contributed by atoms with Crippen LogP contribution in [0.15, 0.2) is 72.8 Å². The number of amides is 2. The topological polar surface area (TPSA) is 59.1 Å². The first kappa shape index (κ1) is 29.7. The highest BCUT2D eigenvalue weighted by atomic mass is 35.5. The second-order valence-corrected chi connectivity index (χ2v) is 12.6. The van der Waals surface area contributed by atoms with Gasteiger partial charge in [-0.05, 0) is 73.4 Å². The number of nitrogens with zero attached hydrogens (tertiary/aromatic N) is 4. The number of nitrogens with one attached hydrogen (secondary N) is 1. The number of benzene rings is 3. The van der Waals surface area contributed by atoms with Crippen molar-refractivity contribution in [2.24, 2.45) is 0 Å². The van der Waals surface area contributed by atoms with Gasteiger partial charge in [0, 0.05) is 68.9 Å². The first-order chi connectivity index (χ1) is 20.9. The van der Waals surface area contributed by atoms with Gasteiger partial charge in [-0.1, -0.05) is 66.2 Å². The highest BCUT2D eigenvalue weighted by Gasteiger charge is 2.33. The number of rotatable bonds is 9. The maximum atomic E-state index is 14.0. The first-order valence-corrected chi connectivity index (χ1v) is 16.0. The number of carbonyl (C=O) groups is 2. The maximum absolute atomic E-state index is 14.0. The fourth-order valence-corrected chi connectivity index (χ4v) is 7.02. The van der Waals surface area contributed by atoms with Crippen LogP contribution in [-0.4, -0.2) is 78.9 Å². The Morgan fingerprint density at radius 1 is 0.884 bits per heavy atom. The van der Waals surface area contributed by atoms with Crippen molar-refractivity contribution < 1.29 is 9.59 Å². The molecule has 8 heteroatoms. The Balaban J connectivity index is 1.12. The van der Waals surface area contributed by atoms with E-state index in [4.69, 9.17) is 11.6 Å². The van der Waals surface area contributed by atoms with E-state index in [1.165, 1.54) is 48.3 Å². The zero-order chi connectivity index (χ0) is 29.8. The normalized spacial score (nSPS) is 19.8. The summed E-state index contributed by atoms with van der Waals surface area (Å²) < 4.78 is 0. The Bertz CT molecular complexity index is 1420. The predicted molar refractivity (Wildman–Crippen MR) is 172 cm³/mol. The van der Waals surface area contributed by atoms with E-state index in [0.29, 0.717) is 31.0 Å². The second kappa shape index (κ2) is 13.5. The van der Waals surface area contributed by atoms with Crippen molar-refractivity contribution in [3.05, 3.63) is 100 Å². The van der Waals surface area contributed by atoms with E-state index in [9.17, 15) is 9.59 Å². The largest absolute Gasteiger partial charge is 0.368 e. The molecule has 2 atom stereocenters. The van der Waals surface area contributed by atoms with Crippen molar-refractivity contribution in [3.8, 4) is 0 Å². The monoisotopic (exact) mass is 599 g/mol. The second-order valence-electron chi connectivity index (χ2n) is 12.2.